The van der Waals surface area contributed by atoms with Gasteiger partial charge in [0.25, 0.3) is 6.43 Å². The molecule has 0 radical (unpaired) electrons. The van der Waals surface area contributed by atoms with E-state index in [1.54, 1.807) is 25.1 Å². The van der Waals surface area contributed by atoms with E-state index in [-0.39, 0.29) is 11.3 Å². The van der Waals surface area contributed by atoms with Gasteiger partial charge in [-0.2, -0.15) is 0 Å². The van der Waals surface area contributed by atoms with Crippen LogP contribution in [0.15, 0.2) is 18.2 Å². The third-order valence-corrected chi connectivity index (χ3v) is 2.88. The van der Waals surface area contributed by atoms with Crippen molar-refractivity contribution in [3.05, 3.63) is 35.0 Å². The zero-order chi connectivity index (χ0) is 14.2. The first-order valence-corrected chi connectivity index (χ1v) is 5.52. The van der Waals surface area contributed by atoms with Gasteiger partial charge in [0, 0.05) is 5.39 Å². The van der Waals surface area contributed by atoms with E-state index in [2.05, 4.69) is 9.72 Å². The highest BCUT2D eigenvalue weighted by Crippen LogP contribution is 2.32. The first-order valence-electron chi connectivity index (χ1n) is 5.52. The Morgan fingerprint density at radius 1 is 1.42 bits per heavy atom. The lowest BCUT2D eigenvalue weighted by atomic mass is 10.0. The molecule has 0 amide bonds. The number of hydrogen-bond acceptors (Lipinski definition) is 4. The van der Waals surface area contributed by atoms with Gasteiger partial charge in [-0.25, -0.2) is 18.6 Å². The number of methoxy groups -OCH3 is 1. The molecule has 0 saturated heterocycles. The maximum atomic E-state index is 13.0. The van der Waals surface area contributed by atoms with Crippen LogP contribution >= 0.6 is 0 Å². The van der Waals surface area contributed by atoms with Crippen LogP contribution < -0.4 is 5.73 Å². The Hall–Kier alpha value is -2.24. The van der Waals surface area contributed by atoms with Crippen molar-refractivity contribution in [1.29, 1.82) is 0 Å². The van der Waals surface area contributed by atoms with Crippen molar-refractivity contribution < 1.29 is 18.3 Å². The van der Waals surface area contributed by atoms with Crippen molar-refractivity contribution in [2.75, 3.05) is 12.8 Å². The topological polar surface area (TPSA) is 65.2 Å². The minimum absolute atomic E-state index is 0.0316. The molecule has 1 heterocycles. The molecule has 2 aromatic rings. The van der Waals surface area contributed by atoms with Gasteiger partial charge in [0.2, 0.25) is 0 Å². The Morgan fingerprint density at radius 3 is 2.68 bits per heavy atom. The van der Waals surface area contributed by atoms with Gasteiger partial charge < -0.3 is 10.5 Å². The monoisotopic (exact) mass is 266 g/mol. The van der Waals surface area contributed by atoms with E-state index in [0.29, 0.717) is 16.5 Å². The van der Waals surface area contributed by atoms with Crippen LogP contribution in [0.1, 0.15) is 28.0 Å². The normalized spacial score (nSPS) is 11.0. The Balaban J connectivity index is 2.90. The average molecular weight is 266 g/mol. The number of nitrogen functional groups attached to an aromatic ring is 1. The van der Waals surface area contributed by atoms with Gasteiger partial charge in [-0.1, -0.05) is 18.2 Å². The lowest BCUT2D eigenvalue weighted by Crippen LogP contribution is -2.12. The van der Waals surface area contributed by atoms with E-state index in [4.69, 9.17) is 5.73 Å². The van der Waals surface area contributed by atoms with Crippen LogP contribution in [0.2, 0.25) is 0 Å². The van der Waals surface area contributed by atoms with Crippen LogP contribution in [-0.2, 0) is 4.74 Å². The van der Waals surface area contributed by atoms with Crippen molar-refractivity contribution in [2.45, 2.75) is 13.3 Å². The molecule has 0 aliphatic rings. The van der Waals surface area contributed by atoms with Crippen molar-refractivity contribution in [3.8, 4) is 0 Å². The largest absolute Gasteiger partial charge is 0.465 e. The maximum Gasteiger partial charge on any atom is 0.342 e. The summed E-state index contributed by atoms with van der Waals surface area (Å²) < 4.78 is 30.6. The zero-order valence-corrected chi connectivity index (χ0v) is 10.4. The molecule has 0 atom stereocenters. The molecule has 2 rings (SSSR count). The Bertz CT molecular complexity index is 657. The molecule has 2 N–H and O–H groups in total. The molecule has 0 unspecified atom stereocenters. The highest BCUT2D eigenvalue weighted by molar-refractivity contribution is 6.05. The third kappa shape index (κ3) is 2.09. The van der Waals surface area contributed by atoms with Crippen molar-refractivity contribution >= 4 is 22.6 Å². The number of para-hydroxylation sites is 1. The first-order chi connectivity index (χ1) is 8.97. The number of fused-ring (bicyclic) bond motifs is 1. The van der Waals surface area contributed by atoms with Crippen LogP contribution in [-0.4, -0.2) is 18.1 Å². The van der Waals surface area contributed by atoms with E-state index >= 15 is 0 Å². The second kappa shape index (κ2) is 4.79. The summed E-state index contributed by atoms with van der Waals surface area (Å²) in [4.78, 5) is 15.5. The Morgan fingerprint density at radius 2 is 2.11 bits per heavy atom. The molecule has 100 valence electrons. The SMILES string of the molecule is COC(=O)c1c(C(F)F)nc2c(C)cccc2c1N. The molecule has 0 bridgehead atoms. The second-order valence-electron chi connectivity index (χ2n) is 4.05. The van der Waals surface area contributed by atoms with Gasteiger partial charge >= 0.3 is 5.97 Å². The maximum absolute atomic E-state index is 13.0. The standard InChI is InChI=1S/C13H12F2N2O2/c1-6-4-3-5-7-9(16)8(13(18)19-2)11(12(14)15)17-10(6)7/h3-5,12H,1-2H3,(H2,16,17). The minimum Gasteiger partial charge on any atom is -0.465 e. The number of aryl methyl sites for hydroxylation is 1. The van der Waals surface area contributed by atoms with Gasteiger partial charge in [-0.05, 0) is 12.5 Å². The summed E-state index contributed by atoms with van der Waals surface area (Å²) in [6.07, 6.45) is -2.90. The van der Waals surface area contributed by atoms with Gasteiger partial charge in [-0.15, -0.1) is 0 Å². The molecule has 0 saturated carbocycles. The number of hydrogen-bond donors (Lipinski definition) is 1. The summed E-state index contributed by atoms with van der Waals surface area (Å²) in [5.74, 6) is -0.913. The minimum atomic E-state index is -2.90. The second-order valence-corrected chi connectivity index (χ2v) is 4.05. The highest BCUT2D eigenvalue weighted by atomic mass is 19.3. The van der Waals surface area contributed by atoms with Gasteiger partial charge in [0.05, 0.1) is 18.3 Å². The fourth-order valence-electron chi connectivity index (χ4n) is 1.95. The number of carbonyl (C=O) groups excluding carboxylic acids is 1. The van der Waals surface area contributed by atoms with Crippen LogP contribution in [0, 0.1) is 6.92 Å². The number of aromatic nitrogens is 1. The molecule has 4 nitrogen and oxygen atoms in total. The van der Waals surface area contributed by atoms with Crippen LogP contribution in [0.5, 0.6) is 0 Å². The lowest BCUT2D eigenvalue weighted by Gasteiger charge is -2.13. The van der Waals surface area contributed by atoms with E-state index in [9.17, 15) is 13.6 Å². The molecular weight excluding hydrogens is 254 g/mol. The molecular formula is C13H12F2N2O2. The summed E-state index contributed by atoms with van der Waals surface area (Å²) in [5.41, 5.74) is 5.86. The van der Waals surface area contributed by atoms with E-state index in [0.717, 1.165) is 7.11 Å². The number of nitrogens with two attached hydrogens (primary N) is 1. The molecule has 0 fully saturated rings. The van der Waals surface area contributed by atoms with Crippen molar-refractivity contribution in [3.63, 3.8) is 0 Å². The fourth-order valence-corrected chi connectivity index (χ4v) is 1.95. The molecule has 19 heavy (non-hydrogen) atoms. The number of nitrogens with zero attached hydrogens (tertiary/aromatic N) is 1. The van der Waals surface area contributed by atoms with Gasteiger partial charge in [0.15, 0.2) is 0 Å². The number of halogens is 2. The summed E-state index contributed by atoms with van der Waals surface area (Å²) in [7, 11) is 1.11. The van der Waals surface area contributed by atoms with Crippen LogP contribution in [0.3, 0.4) is 0 Å². The van der Waals surface area contributed by atoms with E-state index in [1.807, 2.05) is 0 Å². The van der Waals surface area contributed by atoms with Crippen LogP contribution in [0.25, 0.3) is 10.9 Å². The average Bonchev–Trinajstić information content (AvgIpc) is 2.38. The quantitative estimate of drug-likeness (QED) is 0.849. The summed E-state index contributed by atoms with van der Waals surface area (Å²) in [6, 6.07) is 5.09. The number of rotatable bonds is 2. The zero-order valence-electron chi connectivity index (χ0n) is 10.4. The number of alkyl halides is 2. The molecule has 1 aromatic carbocycles. The summed E-state index contributed by atoms with van der Waals surface area (Å²) in [5, 5.41) is 0.463. The third-order valence-electron chi connectivity index (χ3n) is 2.88. The highest BCUT2D eigenvalue weighted by Gasteiger charge is 2.25. The smallest absolute Gasteiger partial charge is 0.342 e. The van der Waals surface area contributed by atoms with Crippen molar-refractivity contribution in [2.24, 2.45) is 0 Å². The first kappa shape index (κ1) is 13.2. The molecule has 6 heteroatoms. The number of ether oxygens (including phenoxy) is 1. The number of anilines is 1. The summed E-state index contributed by atoms with van der Waals surface area (Å²) in [6.45, 7) is 1.74. The Kier molecular flexibility index (Phi) is 3.33. The fraction of sp³-hybridized carbons (Fsp3) is 0.231. The Labute approximate surface area is 108 Å². The predicted molar refractivity (Wildman–Crippen MR) is 67.2 cm³/mol. The van der Waals surface area contributed by atoms with Gasteiger partial charge in [0.1, 0.15) is 11.3 Å². The lowest BCUT2D eigenvalue weighted by molar-refractivity contribution is 0.0589. The van der Waals surface area contributed by atoms with Crippen molar-refractivity contribution in [1.82, 2.24) is 4.98 Å². The van der Waals surface area contributed by atoms with Crippen LogP contribution in [0.4, 0.5) is 14.5 Å². The number of carbonyl (C=O) groups is 1. The predicted octanol–water partition coefficient (Wildman–Crippen LogP) is 2.85. The number of benzene rings is 1. The molecule has 0 aliphatic carbocycles. The molecule has 0 spiro atoms. The van der Waals surface area contributed by atoms with E-state index in [1.165, 1.54) is 0 Å². The van der Waals surface area contributed by atoms with E-state index < -0.39 is 18.1 Å². The molecule has 1 aromatic heterocycles. The molecule has 0 aliphatic heterocycles. The van der Waals surface area contributed by atoms with Gasteiger partial charge in [-0.3, -0.25) is 0 Å². The summed E-state index contributed by atoms with van der Waals surface area (Å²) >= 11 is 0. The number of pyridine rings is 1. The number of esters is 1.